The Morgan fingerprint density at radius 2 is 2.04 bits per heavy atom. The van der Waals surface area contributed by atoms with Gasteiger partial charge in [-0.1, -0.05) is 0 Å². The Kier molecular flexibility index (Phi) is 5.12. The van der Waals surface area contributed by atoms with Gasteiger partial charge in [0.1, 0.15) is 22.4 Å². The van der Waals surface area contributed by atoms with Crippen LogP contribution in [0.5, 0.6) is 0 Å². The van der Waals surface area contributed by atoms with Crippen molar-refractivity contribution in [3.8, 4) is 5.69 Å². The molecule has 0 saturated heterocycles. The van der Waals surface area contributed by atoms with Crippen LogP contribution in [0.2, 0.25) is 0 Å². The van der Waals surface area contributed by atoms with E-state index in [1.165, 1.54) is 11.7 Å². The molecule has 0 saturated carbocycles. The zero-order chi connectivity index (χ0) is 20.5. The van der Waals surface area contributed by atoms with Crippen LogP contribution < -0.4 is 4.72 Å². The molecule has 13 heteroatoms. The predicted molar refractivity (Wildman–Crippen MR) is 92.8 cm³/mol. The molecule has 0 unspecified atom stereocenters. The largest absolute Gasteiger partial charge is 0.465 e. The highest BCUT2D eigenvalue weighted by Gasteiger charge is 2.32. The molecule has 0 aliphatic carbocycles. The van der Waals surface area contributed by atoms with Gasteiger partial charge in [-0.2, -0.15) is 18.3 Å². The van der Waals surface area contributed by atoms with Crippen molar-refractivity contribution in [1.82, 2.24) is 14.8 Å². The summed E-state index contributed by atoms with van der Waals surface area (Å²) in [5.74, 6) is -0.879. The van der Waals surface area contributed by atoms with Gasteiger partial charge in [0.05, 0.1) is 24.0 Å². The highest BCUT2D eigenvalue weighted by Crippen LogP contribution is 2.34. The second-order valence-corrected chi connectivity index (χ2v) is 7.85. The maximum atomic E-state index is 13.1. The fraction of sp³-hybridized carbons (Fsp3) is 0.133. The van der Waals surface area contributed by atoms with Gasteiger partial charge in [0.2, 0.25) is 0 Å². The van der Waals surface area contributed by atoms with E-state index in [4.69, 9.17) is 0 Å². The van der Waals surface area contributed by atoms with Crippen LogP contribution >= 0.6 is 11.3 Å². The quantitative estimate of drug-likeness (QED) is 0.622. The van der Waals surface area contributed by atoms with Crippen LogP contribution in [-0.2, 0) is 20.9 Å². The third-order valence-electron chi connectivity index (χ3n) is 3.52. The number of anilines is 1. The number of sulfonamides is 1. The van der Waals surface area contributed by atoms with E-state index in [0.717, 1.165) is 47.7 Å². The number of nitrogens with zero attached hydrogens (tertiary/aromatic N) is 3. The number of methoxy groups -OCH3 is 1. The number of carbonyl (C=O) groups excluding carboxylic acids is 1. The predicted octanol–water partition coefficient (Wildman–Crippen LogP) is 2.94. The second kappa shape index (κ2) is 7.24. The Hall–Kier alpha value is -2.93. The van der Waals surface area contributed by atoms with E-state index in [-0.39, 0.29) is 16.3 Å². The SMILES string of the molecule is COC(=O)c1sccc1S(=O)(=O)Nc1cc(C(F)(F)F)ccc1-n1cncn1. The number of ether oxygens (including phenoxy) is 1. The van der Waals surface area contributed by atoms with E-state index >= 15 is 0 Å². The lowest BCUT2D eigenvalue weighted by Crippen LogP contribution is -2.18. The summed E-state index contributed by atoms with van der Waals surface area (Å²) in [4.78, 5) is 14.8. The molecule has 2 aromatic heterocycles. The van der Waals surface area contributed by atoms with E-state index in [2.05, 4.69) is 19.5 Å². The number of esters is 1. The number of benzene rings is 1. The minimum absolute atomic E-state index is 0.0175. The molecule has 0 fully saturated rings. The highest BCUT2D eigenvalue weighted by atomic mass is 32.2. The third-order valence-corrected chi connectivity index (χ3v) is 5.95. The number of alkyl halides is 3. The normalized spacial score (nSPS) is 12.0. The average molecular weight is 432 g/mol. The first-order valence-electron chi connectivity index (χ1n) is 7.38. The number of hydrogen-bond donors (Lipinski definition) is 1. The van der Waals surface area contributed by atoms with Crippen molar-refractivity contribution in [2.75, 3.05) is 11.8 Å². The molecular weight excluding hydrogens is 421 g/mol. The van der Waals surface area contributed by atoms with Crippen molar-refractivity contribution < 1.29 is 31.1 Å². The van der Waals surface area contributed by atoms with Crippen LogP contribution in [0.1, 0.15) is 15.2 Å². The summed E-state index contributed by atoms with van der Waals surface area (Å²) in [6.45, 7) is 0. The minimum atomic E-state index is -4.69. The molecule has 8 nitrogen and oxygen atoms in total. The standard InChI is InChI=1S/C15H11F3N4O4S2/c1-26-14(23)13-12(4-5-27-13)28(24,25)21-10-6-9(15(16,17)18)2-3-11(10)22-8-19-7-20-22/h2-8,21H,1H3. The number of rotatable bonds is 5. The summed E-state index contributed by atoms with van der Waals surface area (Å²) in [5, 5.41) is 5.16. The van der Waals surface area contributed by atoms with Gasteiger partial charge in [-0.25, -0.2) is 22.9 Å². The summed E-state index contributed by atoms with van der Waals surface area (Å²) in [6, 6.07) is 3.64. The Labute approximate surface area is 160 Å². The summed E-state index contributed by atoms with van der Waals surface area (Å²) in [6.07, 6.45) is -2.35. The molecule has 0 aliphatic heterocycles. The van der Waals surface area contributed by atoms with Crippen molar-refractivity contribution in [3.63, 3.8) is 0 Å². The summed E-state index contributed by atoms with van der Waals surface area (Å²) >= 11 is 0.828. The fourth-order valence-corrected chi connectivity index (χ4v) is 4.68. The van der Waals surface area contributed by atoms with E-state index in [1.54, 1.807) is 0 Å². The second-order valence-electron chi connectivity index (χ2n) is 5.28. The lowest BCUT2D eigenvalue weighted by Gasteiger charge is -2.15. The number of nitrogens with one attached hydrogen (secondary N) is 1. The summed E-state index contributed by atoms with van der Waals surface area (Å²) in [7, 11) is -3.32. The average Bonchev–Trinajstić information content (AvgIpc) is 3.31. The Balaban J connectivity index is 2.10. The van der Waals surface area contributed by atoms with E-state index in [0.29, 0.717) is 6.07 Å². The highest BCUT2D eigenvalue weighted by molar-refractivity contribution is 7.93. The first-order chi connectivity index (χ1) is 13.1. The first kappa shape index (κ1) is 19.8. The Bertz CT molecular complexity index is 1110. The number of hydrogen-bond acceptors (Lipinski definition) is 7. The monoisotopic (exact) mass is 432 g/mol. The Morgan fingerprint density at radius 3 is 2.64 bits per heavy atom. The number of carbonyl (C=O) groups is 1. The van der Waals surface area contributed by atoms with Crippen molar-refractivity contribution in [2.24, 2.45) is 0 Å². The molecule has 2 heterocycles. The van der Waals surface area contributed by atoms with Crippen molar-refractivity contribution in [2.45, 2.75) is 11.1 Å². The van der Waals surface area contributed by atoms with Gasteiger partial charge in [-0.3, -0.25) is 4.72 Å². The lowest BCUT2D eigenvalue weighted by molar-refractivity contribution is -0.137. The fourth-order valence-electron chi connectivity index (χ4n) is 2.28. The minimum Gasteiger partial charge on any atom is -0.465 e. The van der Waals surface area contributed by atoms with Crippen LogP contribution in [0.25, 0.3) is 5.69 Å². The van der Waals surface area contributed by atoms with Gasteiger partial charge in [-0.05, 0) is 29.6 Å². The third kappa shape index (κ3) is 3.84. The summed E-state index contributed by atoms with van der Waals surface area (Å²) < 4.78 is 72.5. The van der Waals surface area contributed by atoms with Gasteiger partial charge in [0.15, 0.2) is 0 Å². The van der Waals surface area contributed by atoms with Crippen LogP contribution in [0.4, 0.5) is 18.9 Å². The topological polar surface area (TPSA) is 103 Å². The maximum Gasteiger partial charge on any atom is 0.416 e. The number of aromatic nitrogens is 3. The number of thiophene rings is 1. The van der Waals surface area contributed by atoms with Gasteiger partial charge in [-0.15, -0.1) is 11.3 Å². The van der Waals surface area contributed by atoms with Gasteiger partial charge in [0.25, 0.3) is 10.0 Å². The van der Waals surface area contributed by atoms with Gasteiger partial charge >= 0.3 is 12.1 Å². The summed E-state index contributed by atoms with van der Waals surface area (Å²) in [5.41, 5.74) is -1.43. The molecule has 1 aromatic carbocycles. The number of halogens is 3. The molecule has 0 atom stereocenters. The van der Waals surface area contributed by atoms with Crippen molar-refractivity contribution in [1.29, 1.82) is 0 Å². The van der Waals surface area contributed by atoms with E-state index < -0.39 is 32.6 Å². The Morgan fingerprint density at radius 1 is 1.29 bits per heavy atom. The van der Waals surface area contributed by atoms with Crippen molar-refractivity contribution >= 4 is 33.0 Å². The molecule has 3 rings (SSSR count). The smallest absolute Gasteiger partial charge is 0.416 e. The molecule has 0 aliphatic rings. The van der Waals surface area contributed by atoms with Crippen LogP contribution in [0.3, 0.4) is 0 Å². The molecular formula is C15H11F3N4O4S2. The van der Waals surface area contributed by atoms with Gasteiger partial charge < -0.3 is 4.74 Å². The van der Waals surface area contributed by atoms with Crippen LogP contribution in [0, 0.1) is 0 Å². The molecule has 148 valence electrons. The molecule has 0 amide bonds. The van der Waals surface area contributed by atoms with Gasteiger partial charge in [0, 0.05) is 0 Å². The van der Waals surface area contributed by atoms with Crippen LogP contribution in [0.15, 0.2) is 47.2 Å². The molecule has 0 bridgehead atoms. The van der Waals surface area contributed by atoms with E-state index in [1.807, 2.05) is 0 Å². The lowest BCUT2D eigenvalue weighted by atomic mass is 10.1. The zero-order valence-corrected chi connectivity index (χ0v) is 15.6. The van der Waals surface area contributed by atoms with Crippen LogP contribution in [-0.4, -0.2) is 36.3 Å². The molecule has 1 N–H and O–H groups in total. The molecule has 0 radical (unpaired) electrons. The van der Waals surface area contributed by atoms with Crippen molar-refractivity contribution in [3.05, 3.63) is 52.7 Å². The van der Waals surface area contributed by atoms with E-state index in [9.17, 15) is 26.4 Å². The molecule has 3 aromatic rings. The molecule has 0 spiro atoms. The zero-order valence-electron chi connectivity index (χ0n) is 14.0. The first-order valence-corrected chi connectivity index (χ1v) is 9.74. The molecule has 28 heavy (non-hydrogen) atoms. The maximum absolute atomic E-state index is 13.1.